The van der Waals surface area contributed by atoms with E-state index >= 15 is 0 Å². The topological polar surface area (TPSA) is 84.2 Å². The first kappa shape index (κ1) is 19.3. The summed E-state index contributed by atoms with van der Waals surface area (Å²) in [5.41, 5.74) is -1.67. The molecule has 3 atom stereocenters. The van der Waals surface area contributed by atoms with Crippen molar-refractivity contribution in [3.8, 4) is 6.07 Å². The number of ether oxygens (including phenoxy) is 1. The Morgan fingerprint density at radius 2 is 1.96 bits per heavy atom. The van der Waals surface area contributed by atoms with Crippen LogP contribution in [0.15, 0.2) is 53.4 Å². The number of rotatable bonds is 5. The average Bonchev–Trinajstić information content (AvgIpc) is 3.34. The van der Waals surface area contributed by atoms with Gasteiger partial charge in [0.2, 0.25) is 0 Å². The fourth-order valence-corrected chi connectivity index (χ4v) is 5.73. The monoisotopic (exact) mass is 407 g/mol. The van der Waals surface area contributed by atoms with E-state index in [1.54, 1.807) is 6.92 Å². The van der Waals surface area contributed by atoms with E-state index in [2.05, 4.69) is 0 Å². The molecule has 1 fully saturated rings. The lowest BCUT2D eigenvalue weighted by Crippen LogP contribution is -2.25. The molecule has 140 valence electrons. The van der Waals surface area contributed by atoms with E-state index in [9.17, 15) is 22.9 Å². The molecule has 0 saturated heterocycles. The summed E-state index contributed by atoms with van der Waals surface area (Å²) in [6.07, 6.45) is 0. The number of halogens is 2. The number of nitriles is 1. The summed E-state index contributed by atoms with van der Waals surface area (Å²) < 4.78 is 45.0. The van der Waals surface area contributed by atoms with E-state index in [1.165, 1.54) is 42.5 Å². The first-order chi connectivity index (χ1) is 12.8. The fraction of sp³-hybridized carbons (Fsp3) is 0.263. The molecule has 1 aliphatic rings. The standard InChI is InChI=1S/C19H15ClFNO4S/c1-2-26-18(23)19(11-22)16(12-4-3-5-14(21)10-12)17(19)27(24,25)15-8-6-13(20)7-9-15/h3-10,16-17H,2H2,1H3/t16-,17+,19-/m1/s1. The zero-order valence-electron chi connectivity index (χ0n) is 14.2. The van der Waals surface area contributed by atoms with Crippen molar-refractivity contribution in [2.45, 2.75) is 23.0 Å². The number of nitrogens with zero attached hydrogens (tertiary/aromatic N) is 1. The normalized spacial score (nSPS) is 24.1. The highest BCUT2D eigenvalue weighted by molar-refractivity contribution is 7.92. The molecule has 0 radical (unpaired) electrons. The zero-order chi connectivity index (χ0) is 19.8. The van der Waals surface area contributed by atoms with Gasteiger partial charge in [-0.15, -0.1) is 0 Å². The zero-order valence-corrected chi connectivity index (χ0v) is 15.8. The average molecular weight is 408 g/mol. The van der Waals surface area contributed by atoms with Crippen LogP contribution in [0, 0.1) is 22.6 Å². The summed E-state index contributed by atoms with van der Waals surface area (Å²) in [4.78, 5) is 12.5. The van der Waals surface area contributed by atoms with Gasteiger partial charge in [0, 0.05) is 10.9 Å². The second kappa shape index (κ2) is 6.95. The molecule has 0 bridgehead atoms. The van der Waals surface area contributed by atoms with Crippen LogP contribution in [0.1, 0.15) is 18.4 Å². The van der Waals surface area contributed by atoms with E-state index in [4.69, 9.17) is 16.3 Å². The second-order valence-electron chi connectivity index (χ2n) is 6.15. The maximum atomic E-state index is 13.7. The number of sulfone groups is 1. The number of carbonyl (C=O) groups is 1. The van der Waals surface area contributed by atoms with Crippen LogP contribution in [0.2, 0.25) is 5.02 Å². The van der Waals surface area contributed by atoms with Gasteiger partial charge in [-0.3, -0.25) is 4.79 Å². The van der Waals surface area contributed by atoms with Gasteiger partial charge in [0.1, 0.15) is 11.1 Å². The third-order valence-corrected chi connectivity index (χ3v) is 7.11. The summed E-state index contributed by atoms with van der Waals surface area (Å²) in [6, 6.07) is 12.5. The first-order valence-corrected chi connectivity index (χ1v) is 10.0. The fourth-order valence-electron chi connectivity index (χ4n) is 3.36. The lowest BCUT2D eigenvalue weighted by Gasteiger charge is -2.09. The molecular formula is C19H15ClFNO4S. The van der Waals surface area contributed by atoms with Gasteiger partial charge in [-0.25, -0.2) is 12.8 Å². The van der Waals surface area contributed by atoms with Gasteiger partial charge in [-0.05, 0) is 48.9 Å². The molecule has 0 N–H and O–H groups in total. The summed E-state index contributed by atoms with van der Waals surface area (Å²) in [6.45, 7) is 1.55. The van der Waals surface area contributed by atoms with Crippen molar-refractivity contribution in [2.75, 3.05) is 6.61 Å². The molecule has 0 amide bonds. The second-order valence-corrected chi connectivity index (χ2v) is 8.66. The van der Waals surface area contributed by atoms with Crippen LogP contribution in [0.3, 0.4) is 0 Å². The molecule has 8 heteroatoms. The minimum absolute atomic E-state index is 0.00809. The molecule has 0 heterocycles. The van der Waals surface area contributed by atoms with Crippen LogP contribution in [-0.4, -0.2) is 26.2 Å². The minimum atomic E-state index is -4.08. The summed E-state index contributed by atoms with van der Waals surface area (Å²) in [5, 5.41) is 8.72. The van der Waals surface area contributed by atoms with Gasteiger partial charge in [0.25, 0.3) is 0 Å². The van der Waals surface area contributed by atoms with Crippen molar-refractivity contribution in [3.63, 3.8) is 0 Å². The van der Waals surface area contributed by atoms with Crippen molar-refractivity contribution in [2.24, 2.45) is 5.41 Å². The molecule has 5 nitrogen and oxygen atoms in total. The van der Waals surface area contributed by atoms with E-state index in [1.807, 2.05) is 6.07 Å². The largest absolute Gasteiger partial charge is 0.465 e. The van der Waals surface area contributed by atoms with Crippen LogP contribution in [0.5, 0.6) is 0 Å². The van der Waals surface area contributed by atoms with Gasteiger partial charge < -0.3 is 4.74 Å². The van der Waals surface area contributed by atoms with E-state index < -0.39 is 38.2 Å². The Labute approximate surface area is 161 Å². The predicted molar refractivity (Wildman–Crippen MR) is 96.2 cm³/mol. The molecule has 27 heavy (non-hydrogen) atoms. The van der Waals surface area contributed by atoms with Gasteiger partial charge in [-0.2, -0.15) is 5.26 Å². The number of hydrogen-bond donors (Lipinski definition) is 0. The first-order valence-electron chi connectivity index (χ1n) is 8.12. The van der Waals surface area contributed by atoms with Crippen LogP contribution in [0.25, 0.3) is 0 Å². The number of hydrogen-bond acceptors (Lipinski definition) is 5. The Morgan fingerprint density at radius 1 is 1.30 bits per heavy atom. The van der Waals surface area contributed by atoms with Crippen molar-refractivity contribution >= 4 is 27.4 Å². The maximum Gasteiger partial charge on any atom is 0.328 e. The number of esters is 1. The molecular weight excluding hydrogens is 393 g/mol. The predicted octanol–water partition coefficient (Wildman–Crippen LogP) is 3.49. The molecule has 1 aliphatic carbocycles. The summed E-state index contributed by atoms with van der Waals surface area (Å²) >= 11 is 5.81. The SMILES string of the molecule is CCOC(=O)[C@]1(C#N)[C@H](c2cccc(F)c2)[C@@H]1S(=O)(=O)c1ccc(Cl)cc1. The Kier molecular flexibility index (Phi) is 4.98. The van der Waals surface area contributed by atoms with Crippen LogP contribution < -0.4 is 0 Å². The van der Waals surface area contributed by atoms with Crippen molar-refractivity contribution in [1.29, 1.82) is 5.26 Å². The van der Waals surface area contributed by atoms with Gasteiger partial charge >= 0.3 is 5.97 Å². The Bertz CT molecular complexity index is 1030. The van der Waals surface area contributed by atoms with E-state index in [0.29, 0.717) is 5.02 Å². The summed E-state index contributed by atoms with van der Waals surface area (Å²) in [5.74, 6) is -2.54. The van der Waals surface area contributed by atoms with E-state index in [0.717, 1.165) is 6.07 Å². The molecule has 2 aromatic carbocycles. The summed E-state index contributed by atoms with van der Waals surface area (Å²) in [7, 11) is -4.08. The highest BCUT2D eigenvalue weighted by Crippen LogP contribution is 2.64. The highest BCUT2D eigenvalue weighted by atomic mass is 35.5. The minimum Gasteiger partial charge on any atom is -0.465 e. The molecule has 1 saturated carbocycles. The van der Waals surface area contributed by atoms with Gasteiger partial charge in [0.05, 0.1) is 17.6 Å². The maximum absolute atomic E-state index is 13.7. The lowest BCUT2D eigenvalue weighted by molar-refractivity contribution is -0.147. The number of carbonyl (C=O) groups excluding carboxylic acids is 1. The van der Waals surface area contributed by atoms with Crippen molar-refractivity contribution < 1.29 is 22.3 Å². The number of benzene rings is 2. The van der Waals surface area contributed by atoms with E-state index in [-0.39, 0.29) is 17.1 Å². The van der Waals surface area contributed by atoms with Crippen LogP contribution in [-0.2, 0) is 19.4 Å². The molecule has 3 rings (SSSR count). The molecule has 2 aromatic rings. The third kappa shape index (κ3) is 3.09. The molecule has 0 aliphatic heterocycles. The molecule has 0 spiro atoms. The Morgan fingerprint density at radius 3 is 2.52 bits per heavy atom. The smallest absolute Gasteiger partial charge is 0.328 e. The van der Waals surface area contributed by atoms with Crippen molar-refractivity contribution in [3.05, 3.63) is 64.9 Å². The lowest BCUT2D eigenvalue weighted by atomic mass is 10.0. The van der Waals surface area contributed by atoms with Gasteiger partial charge in [-0.1, -0.05) is 23.7 Å². The Balaban J connectivity index is 2.14. The van der Waals surface area contributed by atoms with Gasteiger partial charge in [0.15, 0.2) is 15.3 Å². The van der Waals surface area contributed by atoms with Crippen LogP contribution in [0.4, 0.5) is 4.39 Å². The quantitative estimate of drug-likeness (QED) is 0.708. The van der Waals surface area contributed by atoms with Crippen LogP contribution >= 0.6 is 11.6 Å². The Hall–Kier alpha value is -2.43. The molecule has 0 aromatic heterocycles. The van der Waals surface area contributed by atoms with Crippen molar-refractivity contribution in [1.82, 2.24) is 0 Å². The third-order valence-electron chi connectivity index (χ3n) is 4.62. The molecule has 0 unspecified atom stereocenters. The highest BCUT2D eigenvalue weighted by Gasteiger charge is 2.77.